The second-order valence-corrected chi connectivity index (χ2v) is 7.63. The molecule has 9 heteroatoms. The number of amides is 1. The summed E-state index contributed by atoms with van der Waals surface area (Å²) in [5, 5.41) is 8.62. The summed E-state index contributed by atoms with van der Waals surface area (Å²) in [5.41, 5.74) is 3.22. The fraction of sp³-hybridized carbons (Fsp3) is 0.261. The SMILES string of the molecule is Cc1ccccc1OCC(=O)N1CCN(c2ncnc3c2nnn3-c2ccccc2)CC1. The minimum Gasteiger partial charge on any atom is -0.484 e. The van der Waals surface area contributed by atoms with E-state index in [4.69, 9.17) is 4.74 Å². The largest absolute Gasteiger partial charge is 0.484 e. The number of para-hydroxylation sites is 2. The van der Waals surface area contributed by atoms with Gasteiger partial charge in [-0.05, 0) is 30.7 Å². The Bertz CT molecular complexity index is 1230. The molecule has 0 N–H and O–H groups in total. The zero-order valence-corrected chi connectivity index (χ0v) is 17.8. The summed E-state index contributed by atoms with van der Waals surface area (Å²) >= 11 is 0. The molecule has 3 heterocycles. The highest BCUT2D eigenvalue weighted by atomic mass is 16.5. The lowest BCUT2D eigenvalue weighted by Crippen LogP contribution is -2.50. The van der Waals surface area contributed by atoms with Crippen LogP contribution in [0.15, 0.2) is 60.9 Å². The minimum atomic E-state index is -0.0178. The van der Waals surface area contributed by atoms with E-state index >= 15 is 0 Å². The van der Waals surface area contributed by atoms with Crippen molar-refractivity contribution in [2.24, 2.45) is 0 Å². The van der Waals surface area contributed by atoms with Crippen LogP contribution < -0.4 is 9.64 Å². The molecular formula is C23H23N7O2. The zero-order valence-electron chi connectivity index (χ0n) is 17.8. The van der Waals surface area contributed by atoms with Gasteiger partial charge in [-0.25, -0.2) is 9.97 Å². The maximum absolute atomic E-state index is 12.6. The molecule has 5 rings (SSSR count). The summed E-state index contributed by atoms with van der Waals surface area (Å²) in [6.45, 7) is 4.49. The van der Waals surface area contributed by atoms with Crippen LogP contribution >= 0.6 is 0 Å². The molecular weight excluding hydrogens is 406 g/mol. The lowest BCUT2D eigenvalue weighted by Gasteiger charge is -2.35. The maximum Gasteiger partial charge on any atom is 0.260 e. The fourth-order valence-corrected chi connectivity index (χ4v) is 3.83. The van der Waals surface area contributed by atoms with Crippen LogP contribution in [0.3, 0.4) is 0 Å². The number of benzene rings is 2. The third-order valence-corrected chi connectivity index (χ3v) is 5.60. The van der Waals surface area contributed by atoms with Gasteiger partial charge in [0.05, 0.1) is 5.69 Å². The van der Waals surface area contributed by atoms with Gasteiger partial charge in [-0.2, -0.15) is 4.68 Å². The molecule has 0 atom stereocenters. The standard InChI is InChI=1S/C23H23N7O2/c1-17-7-5-6-10-19(17)32-15-20(31)28-11-13-29(14-12-28)22-21-23(25-16-24-22)30(27-26-21)18-8-3-2-4-9-18/h2-10,16H,11-15H2,1H3. The summed E-state index contributed by atoms with van der Waals surface area (Å²) in [5.74, 6) is 1.46. The Morgan fingerprint density at radius 3 is 2.50 bits per heavy atom. The Morgan fingerprint density at radius 1 is 0.969 bits per heavy atom. The number of hydrogen-bond donors (Lipinski definition) is 0. The highest BCUT2D eigenvalue weighted by Gasteiger charge is 2.25. The molecule has 0 radical (unpaired) electrons. The van der Waals surface area contributed by atoms with E-state index in [1.165, 1.54) is 6.33 Å². The van der Waals surface area contributed by atoms with E-state index in [2.05, 4.69) is 25.2 Å². The third kappa shape index (κ3) is 3.84. The van der Waals surface area contributed by atoms with Crippen molar-refractivity contribution in [3.8, 4) is 11.4 Å². The first-order valence-electron chi connectivity index (χ1n) is 10.5. The number of ether oxygens (including phenoxy) is 1. The average Bonchev–Trinajstić information content (AvgIpc) is 3.28. The lowest BCUT2D eigenvalue weighted by atomic mass is 10.2. The van der Waals surface area contributed by atoms with Gasteiger partial charge in [-0.3, -0.25) is 4.79 Å². The molecule has 162 valence electrons. The molecule has 0 unspecified atom stereocenters. The van der Waals surface area contributed by atoms with Gasteiger partial charge in [0.1, 0.15) is 12.1 Å². The van der Waals surface area contributed by atoms with Crippen LogP contribution in [0.4, 0.5) is 5.82 Å². The van der Waals surface area contributed by atoms with Gasteiger partial charge in [0.25, 0.3) is 5.91 Å². The first-order valence-corrected chi connectivity index (χ1v) is 10.5. The van der Waals surface area contributed by atoms with Crippen molar-refractivity contribution in [1.82, 2.24) is 29.9 Å². The number of carbonyl (C=O) groups excluding carboxylic acids is 1. The lowest BCUT2D eigenvalue weighted by molar-refractivity contribution is -0.133. The van der Waals surface area contributed by atoms with E-state index in [0.29, 0.717) is 37.3 Å². The predicted octanol–water partition coefficient (Wildman–Crippen LogP) is 2.25. The first-order chi connectivity index (χ1) is 15.7. The van der Waals surface area contributed by atoms with Crippen molar-refractivity contribution in [1.29, 1.82) is 0 Å². The molecule has 9 nitrogen and oxygen atoms in total. The number of hydrogen-bond acceptors (Lipinski definition) is 7. The average molecular weight is 429 g/mol. The second kappa shape index (κ2) is 8.62. The number of fused-ring (bicyclic) bond motifs is 1. The molecule has 1 amide bonds. The number of rotatable bonds is 5. The number of piperazine rings is 1. The first kappa shape index (κ1) is 19.9. The Kier molecular flexibility index (Phi) is 5.37. The second-order valence-electron chi connectivity index (χ2n) is 7.63. The molecule has 0 saturated carbocycles. The van der Waals surface area contributed by atoms with Crippen LogP contribution in [-0.2, 0) is 4.79 Å². The normalized spacial score (nSPS) is 14.0. The molecule has 2 aromatic heterocycles. The van der Waals surface area contributed by atoms with Crippen LogP contribution in [-0.4, -0.2) is 68.6 Å². The van der Waals surface area contributed by atoms with Gasteiger partial charge in [0, 0.05) is 26.2 Å². The van der Waals surface area contributed by atoms with E-state index in [-0.39, 0.29) is 12.5 Å². The summed E-state index contributed by atoms with van der Waals surface area (Å²) in [6.07, 6.45) is 1.54. The van der Waals surface area contributed by atoms with E-state index in [1.807, 2.05) is 66.4 Å². The molecule has 32 heavy (non-hydrogen) atoms. The van der Waals surface area contributed by atoms with Crippen LogP contribution in [0.1, 0.15) is 5.56 Å². The number of carbonyl (C=O) groups is 1. The maximum atomic E-state index is 12.6. The monoisotopic (exact) mass is 429 g/mol. The van der Waals surface area contributed by atoms with E-state index in [0.717, 1.165) is 22.8 Å². The minimum absolute atomic E-state index is 0.0178. The van der Waals surface area contributed by atoms with Crippen molar-refractivity contribution in [3.63, 3.8) is 0 Å². The number of anilines is 1. The highest BCUT2D eigenvalue weighted by molar-refractivity contribution is 5.84. The quantitative estimate of drug-likeness (QED) is 0.481. The molecule has 4 aromatic rings. The van der Waals surface area contributed by atoms with Gasteiger partial charge in [0.15, 0.2) is 23.6 Å². The van der Waals surface area contributed by atoms with E-state index in [1.54, 1.807) is 4.68 Å². The van der Waals surface area contributed by atoms with Gasteiger partial charge < -0.3 is 14.5 Å². The van der Waals surface area contributed by atoms with Crippen LogP contribution in [0, 0.1) is 6.92 Å². The van der Waals surface area contributed by atoms with Crippen LogP contribution in [0.5, 0.6) is 5.75 Å². The highest BCUT2D eigenvalue weighted by Crippen LogP contribution is 2.23. The Morgan fingerprint density at radius 2 is 1.72 bits per heavy atom. The van der Waals surface area contributed by atoms with Gasteiger partial charge in [-0.1, -0.05) is 41.6 Å². The Hall–Kier alpha value is -4.01. The molecule has 2 aromatic carbocycles. The topological polar surface area (TPSA) is 89.3 Å². The predicted molar refractivity (Wildman–Crippen MR) is 120 cm³/mol. The Balaban J connectivity index is 1.26. The van der Waals surface area contributed by atoms with Crippen LogP contribution in [0.25, 0.3) is 16.9 Å². The smallest absolute Gasteiger partial charge is 0.260 e. The van der Waals surface area contributed by atoms with Crippen molar-refractivity contribution >= 4 is 22.9 Å². The Labute approximate surface area is 185 Å². The van der Waals surface area contributed by atoms with Crippen LogP contribution in [0.2, 0.25) is 0 Å². The summed E-state index contributed by atoms with van der Waals surface area (Å²) < 4.78 is 7.43. The molecule has 0 spiro atoms. The van der Waals surface area contributed by atoms with Gasteiger partial charge >= 0.3 is 0 Å². The summed E-state index contributed by atoms with van der Waals surface area (Å²) in [7, 11) is 0. The number of aromatic nitrogens is 5. The third-order valence-electron chi connectivity index (χ3n) is 5.60. The number of aryl methyl sites for hydroxylation is 1. The summed E-state index contributed by atoms with van der Waals surface area (Å²) in [6, 6.07) is 17.5. The summed E-state index contributed by atoms with van der Waals surface area (Å²) in [4.78, 5) is 25.4. The van der Waals surface area contributed by atoms with Crippen molar-refractivity contribution in [2.75, 3.05) is 37.7 Å². The number of nitrogens with zero attached hydrogens (tertiary/aromatic N) is 7. The molecule has 0 aliphatic carbocycles. The molecule has 1 aliphatic heterocycles. The van der Waals surface area contributed by atoms with E-state index in [9.17, 15) is 4.79 Å². The van der Waals surface area contributed by atoms with Crippen molar-refractivity contribution < 1.29 is 9.53 Å². The van der Waals surface area contributed by atoms with Gasteiger partial charge in [0.2, 0.25) is 0 Å². The fourth-order valence-electron chi connectivity index (χ4n) is 3.83. The molecule has 1 saturated heterocycles. The molecule has 1 fully saturated rings. The molecule has 0 bridgehead atoms. The van der Waals surface area contributed by atoms with E-state index < -0.39 is 0 Å². The van der Waals surface area contributed by atoms with Crippen molar-refractivity contribution in [2.45, 2.75) is 6.92 Å². The molecule has 1 aliphatic rings. The van der Waals surface area contributed by atoms with Crippen molar-refractivity contribution in [3.05, 3.63) is 66.5 Å². The van der Waals surface area contributed by atoms with Gasteiger partial charge in [-0.15, -0.1) is 5.10 Å². The zero-order chi connectivity index (χ0) is 21.9.